The summed E-state index contributed by atoms with van der Waals surface area (Å²) in [5.74, 6) is 1.47. The van der Waals surface area contributed by atoms with Crippen molar-refractivity contribution < 1.29 is 4.79 Å². The topological polar surface area (TPSA) is 43.1 Å². The lowest BCUT2D eigenvalue weighted by molar-refractivity contribution is -0.122. The summed E-state index contributed by atoms with van der Waals surface area (Å²) in [6.07, 6.45) is 10.6. The lowest BCUT2D eigenvalue weighted by atomic mass is 9.85. The Morgan fingerprint density at radius 1 is 1.00 bits per heavy atom. The molecule has 0 aliphatic carbocycles. The third-order valence-electron chi connectivity index (χ3n) is 4.15. The van der Waals surface area contributed by atoms with E-state index < -0.39 is 0 Å². The number of carbonyl (C=O) groups is 1. The Hall–Kier alpha value is -0.530. The zero-order valence-corrected chi connectivity index (χ0v) is 13.6. The van der Waals surface area contributed by atoms with Gasteiger partial charge in [0, 0.05) is 5.92 Å². The van der Waals surface area contributed by atoms with Gasteiger partial charge >= 0.3 is 0 Å². The summed E-state index contributed by atoms with van der Waals surface area (Å²) in [5.41, 5.74) is 5.57. The second kappa shape index (κ2) is 11.3. The molecule has 0 aromatic carbocycles. The van der Waals surface area contributed by atoms with Gasteiger partial charge in [-0.25, -0.2) is 0 Å². The maximum atomic E-state index is 11.6. The molecule has 2 nitrogen and oxygen atoms in total. The first kappa shape index (κ1) is 18.5. The maximum absolute atomic E-state index is 11.6. The molecule has 0 fully saturated rings. The van der Waals surface area contributed by atoms with Gasteiger partial charge in [-0.05, 0) is 24.7 Å². The first-order valence-corrected chi connectivity index (χ1v) is 8.30. The zero-order valence-electron chi connectivity index (χ0n) is 13.6. The summed E-state index contributed by atoms with van der Waals surface area (Å²) in [6.45, 7) is 8.97. The summed E-state index contributed by atoms with van der Waals surface area (Å²) in [7, 11) is 0. The van der Waals surface area contributed by atoms with Crippen molar-refractivity contribution >= 4 is 5.91 Å². The van der Waals surface area contributed by atoms with E-state index in [1.54, 1.807) is 0 Å². The molecule has 2 heteroatoms. The van der Waals surface area contributed by atoms with Gasteiger partial charge in [0.1, 0.15) is 0 Å². The Kier molecular flexibility index (Phi) is 11.0. The molecule has 0 aromatic rings. The van der Waals surface area contributed by atoms with Gasteiger partial charge in [0.05, 0.1) is 0 Å². The minimum Gasteiger partial charge on any atom is -0.369 e. The molecule has 0 heterocycles. The third kappa shape index (κ3) is 9.98. The van der Waals surface area contributed by atoms with Crippen LogP contribution in [-0.4, -0.2) is 5.91 Å². The molecule has 0 aliphatic rings. The molecule has 2 atom stereocenters. The Morgan fingerprint density at radius 3 is 2.11 bits per heavy atom. The molecule has 0 aliphatic heterocycles. The average Bonchev–Trinajstić information content (AvgIpc) is 2.36. The molecule has 0 rings (SSSR count). The first-order chi connectivity index (χ1) is 9.01. The van der Waals surface area contributed by atoms with Gasteiger partial charge in [-0.3, -0.25) is 4.79 Å². The van der Waals surface area contributed by atoms with Gasteiger partial charge in [-0.15, -0.1) is 0 Å². The Balaban J connectivity index is 4.05. The predicted molar refractivity (Wildman–Crippen MR) is 83.9 cm³/mol. The van der Waals surface area contributed by atoms with Gasteiger partial charge in [-0.1, -0.05) is 72.6 Å². The van der Waals surface area contributed by atoms with Crippen LogP contribution in [0.15, 0.2) is 0 Å². The molecule has 0 radical (unpaired) electrons. The number of primary amides is 1. The van der Waals surface area contributed by atoms with E-state index in [1.165, 1.54) is 38.5 Å². The standard InChI is InChI=1S/C17H35NO/c1-5-7-11-15(6-2)13-16(17(18)19)12-9-8-10-14(3)4/h14-16H,5-13H2,1-4H3,(H2,18,19). The van der Waals surface area contributed by atoms with Crippen molar-refractivity contribution in [1.29, 1.82) is 0 Å². The molecule has 0 saturated carbocycles. The highest BCUT2D eigenvalue weighted by molar-refractivity contribution is 5.76. The highest BCUT2D eigenvalue weighted by Gasteiger charge is 2.19. The summed E-state index contributed by atoms with van der Waals surface area (Å²) in [5, 5.41) is 0. The van der Waals surface area contributed by atoms with E-state index in [0.29, 0.717) is 5.92 Å². The molecule has 0 spiro atoms. The van der Waals surface area contributed by atoms with Gasteiger partial charge in [0.15, 0.2) is 0 Å². The van der Waals surface area contributed by atoms with Gasteiger partial charge in [0.2, 0.25) is 5.91 Å². The fourth-order valence-electron chi connectivity index (χ4n) is 2.70. The Labute approximate surface area is 120 Å². The number of rotatable bonds is 12. The Bertz CT molecular complexity index is 225. The monoisotopic (exact) mass is 269 g/mol. The molecule has 114 valence electrons. The number of hydrogen-bond acceptors (Lipinski definition) is 1. The largest absolute Gasteiger partial charge is 0.369 e. The normalized spacial score (nSPS) is 14.6. The molecular weight excluding hydrogens is 234 g/mol. The van der Waals surface area contributed by atoms with Crippen LogP contribution in [0.1, 0.15) is 85.5 Å². The SMILES string of the molecule is CCCCC(CC)CC(CCCCC(C)C)C(N)=O. The summed E-state index contributed by atoms with van der Waals surface area (Å²) < 4.78 is 0. The van der Waals surface area contributed by atoms with E-state index in [-0.39, 0.29) is 11.8 Å². The van der Waals surface area contributed by atoms with E-state index in [9.17, 15) is 4.79 Å². The second-order valence-corrected chi connectivity index (χ2v) is 6.43. The molecule has 2 unspecified atom stereocenters. The minimum atomic E-state index is -0.0838. The van der Waals surface area contributed by atoms with Crippen molar-refractivity contribution in [2.75, 3.05) is 0 Å². The lowest BCUT2D eigenvalue weighted by Crippen LogP contribution is -2.25. The van der Waals surface area contributed by atoms with Crippen molar-refractivity contribution in [3.05, 3.63) is 0 Å². The minimum absolute atomic E-state index is 0.0838. The molecule has 0 saturated heterocycles. The molecule has 1 amide bonds. The van der Waals surface area contributed by atoms with Crippen LogP contribution in [0.4, 0.5) is 0 Å². The lowest BCUT2D eigenvalue weighted by Gasteiger charge is -2.20. The van der Waals surface area contributed by atoms with Gasteiger partial charge < -0.3 is 5.73 Å². The quantitative estimate of drug-likeness (QED) is 0.502. The second-order valence-electron chi connectivity index (χ2n) is 6.43. The van der Waals surface area contributed by atoms with E-state index in [4.69, 9.17) is 5.73 Å². The van der Waals surface area contributed by atoms with Crippen LogP contribution in [-0.2, 0) is 4.79 Å². The van der Waals surface area contributed by atoms with Gasteiger partial charge in [-0.2, -0.15) is 0 Å². The van der Waals surface area contributed by atoms with E-state index in [1.807, 2.05) is 0 Å². The van der Waals surface area contributed by atoms with E-state index in [2.05, 4.69) is 27.7 Å². The summed E-state index contributed by atoms with van der Waals surface area (Å²) >= 11 is 0. The highest BCUT2D eigenvalue weighted by atomic mass is 16.1. The van der Waals surface area contributed by atoms with Crippen LogP contribution in [0.5, 0.6) is 0 Å². The van der Waals surface area contributed by atoms with Crippen molar-refractivity contribution in [3.8, 4) is 0 Å². The fraction of sp³-hybridized carbons (Fsp3) is 0.941. The van der Waals surface area contributed by atoms with Crippen molar-refractivity contribution in [3.63, 3.8) is 0 Å². The number of nitrogens with two attached hydrogens (primary N) is 1. The predicted octanol–water partition coefficient (Wildman–Crippen LogP) is 4.91. The first-order valence-electron chi connectivity index (χ1n) is 8.30. The fourth-order valence-corrected chi connectivity index (χ4v) is 2.70. The summed E-state index contributed by atoms with van der Waals surface area (Å²) in [6, 6.07) is 0. The average molecular weight is 269 g/mol. The molecule has 0 aromatic heterocycles. The van der Waals surface area contributed by atoms with Crippen LogP contribution in [0.25, 0.3) is 0 Å². The Morgan fingerprint density at radius 2 is 1.63 bits per heavy atom. The van der Waals surface area contributed by atoms with E-state index in [0.717, 1.165) is 25.2 Å². The van der Waals surface area contributed by atoms with Crippen LogP contribution in [0.3, 0.4) is 0 Å². The molecule has 0 bridgehead atoms. The highest BCUT2D eigenvalue weighted by Crippen LogP contribution is 2.25. The van der Waals surface area contributed by atoms with Gasteiger partial charge in [0.25, 0.3) is 0 Å². The van der Waals surface area contributed by atoms with Crippen molar-refractivity contribution in [1.82, 2.24) is 0 Å². The number of hydrogen-bond donors (Lipinski definition) is 1. The number of carbonyl (C=O) groups excluding carboxylic acids is 1. The number of amides is 1. The van der Waals surface area contributed by atoms with Crippen LogP contribution < -0.4 is 5.73 Å². The zero-order chi connectivity index (χ0) is 14.7. The maximum Gasteiger partial charge on any atom is 0.220 e. The molecular formula is C17H35NO. The van der Waals surface area contributed by atoms with E-state index >= 15 is 0 Å². The molecule has 2 N–H and O–H groups in total. The molecule has 19 heavy (non-hydrogen) atoms. The summed E-state index contributed by atoms with van der Waals surface area (Å²) in [4.78, 5) is 11.6. The van der Waals surface area contributed by atoms with Crippen LogP contribution >= 0.6 is 0 Å². The third-order valence-corrected chi connectivity index (χ3v) is 4.15. The number of unbranched alkanes of at least 4 members (excludes halogenated alkanes) is 2. The van der Waals surface area contributed by atoms with Crippen LogP contribution in [0.2, 0.25) is 0 Å². The smallest absolute Gasteiger partial charge is 0.220 e. The van der Waals surface area contributed by atoms with Crippen LogP contribution in [0, 0.1) is 17.8 Å². The van der Waals surface area contributed by atoms with Crippen molar-refractivity contribution in [2.24, 2.45) is 23.5 Å². The van der Waals surface area contributed by atoms with Crippen molar-refractivity contribution in [2.45, 2.75) is 85.5 Å².